The molecule has 0 aromatic rings. The third kappa shape index (κ3) is 50.4. The van der Waals surface area contributed by atoms with Crippen LogP contribution in [0.25, 0.3) is 0 Å². The molecule has 0 spiro atoms. The summed E-state index contributed by atoms with van der Waals surface area (Å²) in [6.45, 7) is 4.17. The van der Waals surface area contributed by atoms with Crippen molar-refractivity contribution in [2.45, 2.75) is 192 Å². The van der Waals surface area contributed by atoms with Gasteiger partial charge in [0, 0.05) is 52.1 Å². The van der Waals surface area contributed by atoms with E-state index >= 15 is 0 Å². The Morgan fingerprint density at radius 1 is 0.403 bits per heavy atom. The average Bonchev–Trinajstić information content (AvgIpc) is 3.31. The van der Waals surface area contributed by atoms with Gasteiger partial charge in [-0.3, -0.25) is 18.1 Å². The molecule has 1 rings (SSSR count). The molecule has 4 atom stereocenters. The lowest BCUT2D eigenvalue weighted by molar-refractivity contribution is -0.870. The summed E-state index contributed by atoms with van der Waals surface area (Å²) in [5.74, 6) is 24.9. The molecule has 0 aliphatic carbocycles. The summed E-state index contributed by atoms with van der Waals surface area (Å²) < 4.78 is 71.6. The minimum Gasteiger partial charge on any atom is -0.379 e. The zero-order valence-corrected chi connectivity index (χ0v) is 48.0. The van der Waals surface area contributed by atoms with Gasteiger partial charge in [0.25, 0.3) is 0 Å². The summed E-state index contributed by atoms with van der Waals surface area (Å²) in [4.78, 5) is 20.5. The summed E-state index contributed by atoms with van der Waals surface area (Å²) in [6.07, 6.45) is 28.5. The quantitative estimate of drug-likeness (QED) is 0.0969. The highest BCUT2D eigenvalue weighted by molar-refractivity contribution is 7.47. The van der Waals surface area contributed by atoms with Gasteiger partial charge in [-0.15, -0.1) is 0 Å². The second-order valence-electron chi connectivity index (χ2n) is 21.1. The number of rotatable bonds is 14. The maximum atomic E-state index is 12.6. The molecule has 0 amide bonds. The van der Waals surface area contributed by atoms with Crippen molar-refractivity contribution < 1.29 is 64.9 Å². The first-order chi connectivity index (χ1) is 34.6. The topological polar surface area (TPSA) is 148 Å². The first-order valence-corrected chi connectivity index (χ1v) is 30.7. The molecule has 0 radical (unpaired) electrons. The minimum atomic E-state index is -4.20. The molecule has 0 saturated carbocycles. The van der Waals surface area contributed by atoms with E-state index in [2.05, 4.69) is 47.4 Å². The molecule has 1 aliphatic heterocycles. The Kier molecular flexibility index (Phi) is 43.0. The van der Waals surface area contributed by atoms with E-state index in [1.807, 2.05) is 42.3 Å². The summed E-state index contributed by atoms with van der Waals surface area (Å²) in [6, 6.07) is 0. The monoisotopic (exact) mass is 1060 g/mol. The Morgan fingerprint density at radius 3 is 0.958 bits per heavy atom. The van der Waals surface area contributed by atoms with E-state index in [1.54, 1.807) is 0 Å². The van der Waals surface area contributed by atoms with Crippen molar-refractivity contribution in [3.63, 3.8) is 0 Å². The van der Waals surface area contributed by atoms with E-state index in [4.69, 9.17) is 37.0 Å². The van der Waals surface area contributed by atoms with Gasteiger partial charge in [-0.05, 0) is 75.0 Å². The van der Waals surface area contributed by atoms with Crippen LogP contribution in [0.15, 0.2) is 0 Å². The molecule has 72 heavy (non-hydrogen) atoms. The SMILES string of the molecule is C[N+](C)(C)CCOP(=O)(O)OC[C@H]1COCCCCCCCCC#CC#CCCCCCCCCOC[C@H](COP(=O)(O)OCC[N+](C)(C)C)OCCCCCCCCC#CC#CCCCCCCCCO1. The number of hydrogen-bond acceptors (Lipinski definition) is 10. The van der Waals surface area contributed by atoms with E-state index in [0.29, 0.717) is 61.7 Å². The van der Waals surface area contributed by atoms with Crippen molar-refractivity contribution >= 4 is 15.6 Å². The second-order valence-corrected chi connectivity index (χ2v) is 24.0. The van der Waals surface area contributed by atoms with Crippen LogP contribution in [0.2, 0.25) is 0 Å². The molecule has 1 heterocycles. The minimum absolute atomic E-state index is 0.0675. The molecule has 16 heteroatoms. The van der Waals surface area contributed by atoms with Crippen LogP contribution < -0.4 is 0 Å². The number of phosphoric ester groups is 2. The molecule has 14 nitrogen and oxygen atoms in total. The van der Waals surface area contributed by atoms with E-state index < -0.39 is 27.9 Å². The molecule has 416 valence electrons. The fraction of sp³-hybridized carbons (Fsp3) is 0.857. The van der Waals surface area contributed by atoms with Crippen molar-refractivity contribution in [2.75, 3.05) is 121 Å². The molecule has 2 unspecified atom stereocenters. The third-order valence-corrected chi connectivity index (χ3v) is 13.7. The summed E-state index contributed by atoms with van der Waals surface area (Å²) in [5, 5.41) is 0. The largest absolute Gasteiger partial charge is 0.472 e. The normalized spacial score (nSPS) is 22.6. The number of quaternary nitrogens is 2. The summed E-state index contributed by atoms with van der Waals surface area (Å²) in [7, 11) is 3.57. The van der Waals surface area contributed by atoms with Crippen molar-refractivity contribution in [2.24, 2.45) is 0 Å². The van der Waals surface area contributed by atoms with Crippen molar-refractivity contribution in [1.29, 1.82) is 0 Å². The van der Waals surface area contributed by atoms with Gasteiger partial charge >= 0.3 is 15.6 Å². The fourth-order valence-electron chi connectivity index (χ4n) is 7.23. The number of hydrogen-bond donors (Lipinski definition) is 2. The predicted molar refractivity (Wildman–Crippen MR) is 291 cm³/mol. The molecule has 2 N–H and O–H groups in total. The highest BCUT2D eigenvalue weighted by atomic mass is 31.2. The van der Waals surface area contributed by atoms with Crippen LogP contribution in [0.1, 0.15) is 180 Å². The van der Waals surface area contributed by atoms with Crippen LogP contribution in [0.4, 0.5) is 0 Å². The van der Waals surface area contributed by atoms with E-state index in [0.717, 1.165) is 167 Å². The maximum absolute atomic E-state index is 12.6. The lowest BCUT2D eigenvalue weighted by Crippen LogP contribution is -2.37. The molecular weight excluding hydrogens is 955 g/mol. The van der Waals surface area contributed by atoms with Gasteiger partial charge in [-0.1, -0.05) is 126 Å². The molecular formula is C56H102N2O12P2+2. The number of nitrogens with zero attached hydrogens (tertiary/aromatic N) is 2. The van der Waals surface area contributed by atoms with E-state index in [1.165, 1.54) is 12.8 Å². The Balaban J connectivity index is 2.60. The van der Waals surface area contributed by atoms with Gasteiger partial charge in [-0.25, -0.2) is 9.13 Å². The summed E-state index contributed by atoms with van der Waals surface area (Å²) >= 11 is 0. The Hall–Kier alpha value is -1.78. The first-order valence-electron chi connectivity index (χ1n) is 27.7. The van der Waals surface area contributed by atoms with Gasteiger partial charge < -0.3 is 37.7 Å². The highest BCUT2D eigenvalue weighted by Crippen LogP contribution is 2.44. The van der Waals surface area contributed by atoms with Gasteiger partial charge in [0.1, 0.15) is 38.5 Å². The smallest absolute Gasteiger partial charge is 0.379 e. The lowest BCUT2D eigenvalue weighted by Gasteiger charge is -2.24. The highest BCUT2D eigenvalue weighted by Gasteiger charge is 2.26. The molecule has 0 bridgehead atoms. The van der Waals surface area contributed by atoms with Crippen LogP contribution >= 0.6 is 15.6 Å². The Bertz CT molecular complexity index is 1550. The number of ether oxygens (including phenoxy) is 4. The van der Waals surface area contributed by atoms with Crippen LogP contribution in [-0.4, -0.2) is 152 Å². The van der Waals surface area contributed by atoms with Gasteiger partial charge in [0.15, 0.2) is 0 Å². The zero-order valence-electron chi connectivity index (χ0n) is 46.2. The molecule has 0 fully saturated rings. The van der Waals surface area contributed by atoms with Crippen molar-refractivity contribution in [1.82, 2.24) is 0 Å². The van der Waals surface area contributed by atoms with Gasteiger partial charge in [0.05, 0.1) is 68.7 Å². The fourth-order valence-corrected chi connectivity index (χ4v) is 8.71. The third-order valence-electron chi connectivity index (χ3n) is 11.7. The summed E-state index contributed by atoms with van der Waals surface area (Å²) in [5.41, 5.74) is 0. The second kappa shape index (κ2) is 45.4. The average molecular weight is 1060 g/mol. The van der Waals surface area contributed by atoms with E-state index in [9.17, 15) is 18.9 Å². The zero-order chi connectivity index (χ0) is 52.8. The lowest BCUT2D eigenvalue weighted by atomic mass is 10.1. The maximum Gasteiger partial charge on any atom is 0.472 e. The standard InChI is InChI=1S/C56H100N2O12P2/c1-57(2,3)43-49-67-71(59,60)69-53-55-51-63-45-39-35-31-27-23-19-15-11-7-8-12-16-20-24-28-32-36-40-46-64-52-56(54-70-72(61,62)68-50-44-58(4,5)6)66-48-42-38-34-30-26-22-18-14-10-9-13-17-21-25-29-33-37-41-47-65-55/h55-56H,15-54H2,1-6H3/p+2/t55-,56-/m1/s1. The molecule has 0 saturated heterocycles. The Labute approximate surface area is 439 Å². The van der Waals surface area contributed by atoms with Gasteiger partial charge in [-0.2, -0.15) is 0 Å². The predicted octanol–water partition coefficient (Wildman–Crippen LogP) is 11.4. The molecule has 1 aliphatic rings. The van der Waals surface area contributed by atoms with Crippen LogP contribution in [-0.2, 0) is 46.2 Å². The van der Waals surface area contributed by atoms with Crippen molar-refractivity contribution in [3.8, 4) is 47.4 Å². The number of phosphoric acid groups is 2. The molecule has 0 aromatic heterocycles. The van der Waals surface area contributed by atoms with E-state index in [-0.39, 0.29) is 26.4 Å². The van der Waals surface area contributed by atoms with Crippen LogP contribution in [0, 0.1) is 47.4 Å². The molecule has 0 aromatic carbocycles. The van der Waals surface area contributed by atoms with Gasteiger partial charge in [0.2, 0.25) is 0 Å². The van der Waals surface area contributed by atoms with Crippen LogP contribution in [0.5, 0.6) is 0 Å². The first kappa shape index (κ1) is 68.2. The Morgan fingerprint density at radius 2 is 0.667 bits per heavy atom. The van der Waals surface area contributed by atoms with Crippen molar-refractivity contribution in [3.05, 3.63) is 0 Å². The number of likely N-dealkylation sites (N-methyl/N-ethyl adjacent to an activating group) is 2. The van der Waals surface area contributed by atoms with Crippen LogP contribution in [0.3, 0.4) is 0 Å².